The summed E-state index contributed by atoms with van der Waals surface area (Å²) in [5, 5.41) is 12.0. The van der Waals surface area contributed by atoms with Gasteiger partial charge in [0, 0.05) is 18.2 Å². The van der Waals surface area contributed by atoms with Gasteiger partial charge in [-0.1, -0.05) is 51.1 Å². The number of carbonyl (C=O) groups excluding carboxylic acids is 2. The van der Waals surface area contributed by atoms with E-state index in [1.165, 1.54) is 4.80 Å². The van der Waals surface area contributed by atoms with Crippen LogP contribution in [0.1, 0.15) is 40.0 Å². The average Bonchev–Trinajstić information content (AvgIpc) is 3.21. The van der Waals surface area contributed by atoms with Crippen molar-refractivity contribution in [1.29, 1.82) is 0 Å². The van der Waals surface area contributed by atoms with E-state index in [0.29, 0.717) is 5.82 Å². The zero-order valence-electron chi connectivity index (χ0n) is 17.2. The molecule has 4 rings (SSSR count). The Balaban J connectivity index is 1.30. The van der Waals surface area contributed by atoms with Crippen LogP contribution in [0.25, 0.3) is 11.4 Å². The largest absolute Gasteiger partial charge is 0.454 e. The van der Waals surface area contributed by atoms with Gasteiger partial charge in [-0.2, -0.15) is 4.80 Å². The first-order valence-corrected chi connectivity index (χ1v) is 10.0. The third-order valence-corrected chi connectivity index (χ3v) is 5.85. The quantitative estimate of drug-likeness (QED) is 0.719. The van der Waals surface area contributed by atoms with E-state index in [-0.39, 0.29) is 35.9 Å². The van der Waals surface area contributed by atoms with Crippen molar-refractivity contribution in [1.82, 2.24) is 25.1 Å². The van der Waals surface area contributed by atoms with Gasteiger partial charge in [0.25, 0.3) is 5.91 Å². The summed E-state index contributed by atoms with van der Waals surface area (Å²) < 4.78 is 5.21. The van der Waals surface area contributed by atoms with Gasteiger partial charge in [-0.15, -0.1) is 10.2 Å². The molecule has 154 valence electrons. The molecule has 2 heterocycles. The number of esters is 1. The second-order valence-corrected chi connectivity index (χ2v) is 9.41. The molecule has 8 nitrogen and oxygen atoms in total. The summed E-state index contributed by atoms with van der Waals surface area (Å²) in [6, 6.07) is 9.63. The highest BCUT2D eigenvalue weighted by Gasteiger charge is 2.50. The molecule has 29 heavy (non-hydrogen) atoms. The molecule has 1 saturated heterocycles. The summed E-state index contributed by atoms with van der Waals surface area (Å²) in [7, 11) is 0. The van der Waals surface area contributed by atoms with E-state index in [1.807, 2.05) is 35.2 Å². The molecule has 0 N–H and O–H groups in total. The summed E-state index contributed by atoms with van der Waals surface area (Å²) in [6.07, 6.45) is 3.14. The smallest absolute Gasteiger partial charge is 0.330 e. The van der Waals surface area contributed by atoms with Crippen LogP contribution in [-0.2, 0) is 20.9 Å². The average molecular weight is 397 g/mol. The Morgan fingerprint density at radius 1 is 1.17 bits per heavy atom. The molecule has 2 aliphatic rings. The number of carbonyl (C=O) groups is 2. The van der Waals surface area contributed by atoms with Crippen molar-refractivity contribution in [3.05, 3.63) is 30.3 Å². The maximum Gasteiger partial charge on any atom is 0.330 e. The summed E-state index contributed by atoms with van der Waals surface area (Å²) in [5.41, 5.74) is 1.21. The number of ether oxygens (including phenoxy) is 1. The number of rotatable bonds is 5. The minimum absolute atomic E-state index is 0.124. The lowest BCUT2D eigenvalue weighted by Gasteiger charge is -2.39. The number of hydrogen-bond donors (Lipinski definition) is 0. The molecule has 2 aromatic rings. The lowest BCUT2D eigenvalue weighted by molar-refractivity contribution is -0.153. The first-order chi connectivity index (χ1) is 13.7. The van der Waals surface area contributed by atoms with E-state index in [1.54, 1.807) is 0 Å². The molecule has 1 amide bonds. The van der Waals surface area contributed by atoms with Crippen LogP contribution in [0, 0.1) is 10.8 Å². The van der Waals surface area contributed by atoms with Gasteiger partial charge in [-0.25, -0.2) is 4.79 Å². The monoisotopic (exact) mass is 397 g/mol. The molecule has 2 bridgehead atoms. The van der Waals surface area contributed by atoms with Crippen molar-refractivity contribution in [3.63, 3.8) is 0 Å². The van der Waals surface area contributed by atoms with Crippen molar-refractivity contribution in [2.45, 2.75) is 52.6 Å². The summed E-state index contributed by atoms with van der Waals surface area (Å²) in [5.74, 6) is -0.236. The summed E-state index contributed by atoms with van der Waals surface area (Å²) in [6.45, 7) is 7.09. The fourth-order valence-corrected chi connectivity index (χ4v) is 5.15. The fraction of sp³-hybridized carbons (Fsp3) is 0.571. The molecule has 1 saturated carbocycles. The van der Waals surface area contributed by atoms with Gasteiger partial charge in [0.15, 0.2) is 13.2 Å². The van der Waals surface area contributed by atoms with Crippen molar-refractivity contribution in [3.8, 4) is 11.4 Å². The molecular weight excluding hydrogens is 370 g/mol. The molecule has 2 fully saturated rings. The molecule has 0 radical (unpaired) electrons. The number of fused-ring (bicyclic) bond motifs is 2. The van der Waals surface area contributed by atoms with Crippen LogP contribution in [0.2, 0.25) is 0 Å². The molecule has 8 heteroatoms. The number of nitrogens with zero attached hydrogens (tertiary/aromatic N) is 5. The van der Waals surface area contributed by atoms with Crippen LogP contribution in [0.5, 0.6) is 0 Å². The standard InChI is InChI=1S/C21H27N5O3/c1-20(2)9-16-10-21(3,13-20)14-25(16)17(27)12-29-18(28)11-26-23-19(22-24-26)15-7-5-4-6-8-15/h4-8,16H,9-14H2,1-3H3. The number of aromatic nitrogens is 4. The number of amides is 1. The Morgan fingerprint density at radius 3 is 2.69 bits per heavy atom. The van der Waals surface area contributed by atoms with Gasteiger partial charge in [0.2, 0.25) is 5.82 Å². The third-order valence-electron chi connectivity index (χ3n) is 5.85. The van der Waals surface area contributed by atoms with Crippen LogP contribution in [0.15, 0.2) is 30.3 Å². The SMILES string of the molecule is CC1(C)CC2CC(C)(CN2C(=O)COC(=O)Cn2nnc(-c3ccccc3)n2)C1. The molecule has 1 aliphatic heterocycles. The minimum Gasteiger partial charge on any atom is -0.454 e. The van der Waals surface area contributed by atoms with Crippen LogP contribution in [0.4, 0.5) is 0 Å². The molecule has 2 atom stereocenters. The highest BCUT2D eigenvalue weighted by Crippen LogP contribution is 2.52. The number of benzene rings is 1. The molecule has 1 aliphatic carbocycles. The number of tetrazole rings is 1. The lowest BCUT2D eigenvalue weighted by atomic mass is 9.65. The Hall–Kier alpha value is -2.77. The van der Waals surface area contributed by atoms with Gasteiger partial charge in [-0.05, 0) is 35.3 Å². The Labute approximate surface area is 170 Å². The molecule has 0 spiro atoms. The maximum absolute atomic E-state index is 12.7. The van der Waals surface area contributed by atoms with Gasteiger partial charge in [-0.3, -0.25) is 4.79 Å². The zero-order valence-corrected chi connectivity index (χ0v) is 17.2. The van der Waals surface area contributed by atoms with E-state index in [9.17, 15) is 9.59 Å². The maximum atomic E-state index is 12.7. The third kappa shape index (κ3) is 4.31. The second-order valence-electron chi connectivity index (χ2n) is 9.41. The van der Waals surface area contributed by atoms with Crippen LogP contribution < -0.4 is 0 Å². The van der Waals surface area contributed by atoms with Crippen LogP contribution in [-0.4, -0.2) is 56.2 Å². The van der Waals surface area contributed by atoms with E-state index in [0.717, 1.165) is 31.4 Å². The molecule has 2 unspecified atom stereocenters. The van der Waals surface area contributed by atoms with Gasteiger partial charge < -0.3 is 9.64 Å². The Kier molecular flexibility index (Phi) is 4.88. The molecule has 1 aromatic heterocycles. The van der Waals surface area contributed by atoms with Crippen molar-refractivity contribution in [2.24, 2.45) is 10.8 Å². The van der Waals surface area contributed by atoms with E-state index in [2.05, 4.69) is 36.2 Å². The van der Waals surface area contributed by atoms with Crippen molar-refractivity contribution < 1.29 is 14.3 Å². The summed E-state index contributed by atoms with van der Waals surface area (Å²) >= 11 is 0. The van der Waals surface area contributed by atoms with Gasteiger partial charge in [0.1, 0.15) is 0 Å². The van der Waals surface area contributed by atoms with Gasteiger partial charge >= 0.3 is 5.97 Å². The van der Waals surface area contributed by atoms with Crippen LogP contribution in [0.3, 0.4) is 0 Å². The Morgan fingerprint density at radius 2 is 1.93 bits per heavy atom. The lowest BCUT2D eigenvalue weighted by Crippen LogP contribution is -2.40. The normalized spacial score (nSPS) is 25.1. The molecule has 1 aromatic carbocycles. The highest BCUT2D eigenvalue weighted by atomic mass is 16.5. The van der Waals surface area contributed by atoms with E-state index >= 15 is 0 Å². The van der Waals surface area contributed by atoms with Crippen molar-refractivity contribution >= 4 is 11.9 Å². The summed E-state index contributed by atoms with van der Waals surface area (Å²) in [4.78, 5) is 27.9. The van der Waals surface area contributed by atoms with Crippen molar-refractivity contribution in [2.75, 3.05) is 13.2 Å². The first kappa shape index (κ1) is 19.5. The van der Waals surface area contributed by atoms with Crippen LogP contribution >= 0.6 is 0 Å². The minimum atomic E-state index is -0.552. The number of hydrogen-bond acceptors (Lipinski definition) is 6. The Bertz CT molecular complexity index is 910. The number of likely N-dealkylation sites (tertiary alicyclic amines) is 1. The predicted molar refractivity (Wildman–Crippen MR) is 105 cm³/mol. The zero-order chi connectivity index (χ0) is 20.6. The predicted octanol–water partition coefficient (Wildman–Crippen LogP) is 2.31. The highest BCUT2D eigenvalue weighted by molar-refractivity contribution is 5.81. The van der Waals surface area contributed by atoms with Gasteiger partial charge in [0.05, 0.1) is 0 Å². The topological polar surface area (TPSA) is 90.2 Å². The van der Waals surface area contributed by atoms with E-state index < -0.39 is 5.97 Å². The van der Waals surface area contributed by atoms with E-state index in [4.69, 9.17) is 4.74 Å². The second kappa shape index (κ2) is 7.24. The molecular formula is C21H27N5O3. The first-order valence-electron chi connectivity index (χ1n) is 10.0. The fourth-order valence-electron chi connectivity index (χ4n) is 5.15.